The van der Waals surface area contributed by atoms with Crippen molar-refractivity contribution in [1.82, 2.24) is 20.4 Å². The highest BCUT2D eigenvalue weighted by molar-refractivity contribution is 5.92. The zero-order valence-electron chi connectivity index (χ0n) is 14.0. The van der Waals surface area contributed by atoms with Crippen LogP contribution in [0.4, 0.5) is 0 Å². The van der Waals surface area contributed by atoms with Gasteiger partial charge in [-0.05, 0) is 68.6 Å². The van der Waals surface area contributed by atoms with Gasteiger partial charge in [-0.3, -0.25) is 4.79 Å². The Labute approximate surface area is 142 Å². The van der Waals surface area contributed by atoms with Crippen molar-refractivity contribution in [2.45, 2.75) is 19.3 Å². The molecule has 1 aromatic carbocycles. The lowest BCUT2D eigenvalue weighted by Gasteiger charge is -2.22. The number of aromatic nitrogens is 2. The molecule has 1 aliphatic heterocycles. The number of nitrogens with zero attached hydrogens (tertiary/aromatic N) is 2. The highest BCUT2D eigenvalue weighted by Gasteiger charge is 2.14. The SMILES string of the molecule is COc1ccc(-n2ccc(C(=O)NCCC3CCNCC3)n2)cc1. The molecule has 0 saturated carbocycles. The van der Waals surface area contributed by atoms with E-state index in [0.717, 1.165) is 30.9 Å². The lowest BCUT2D eigenvalue weighted by molar-refractivity contribution is 0.0945. The van der Waals surface area contributed by atoms with Crippen LogP contribution in [-0.4, -0.2) is 42.4 Å². The molecule has 0 aliphatic carbocycles. The first-order valence-corrected chi connectivity index (χ1v) is 8.45. The summed E-state index contributed by atoms with van der Waals surface area (Å²) >= 11 is 0. The Hall–Kier alpha value is -2.34. The molecule has 128 valence electrons. The Morgan fingerprint density at radius 1 is 1.29 bits per heavy atom. The molecule has 24 heavy (non-hydrogen) atoms. The molecule has 1 saturated heterocycles. The van der Waals surface area contributed by atoms with E-state index in [9.17, 15) is 4.79 Å². The molecule has 0 unspecified atom stereocenters. The second kappa shape index (κ2) is 7.97. The summed E-state index contributed by atoms with van der Waals surface area (Å²) in [5, 5.41) is 10.7. The van der Waals surface area contributed by atoms with Crippen LogP contribution in [0, 0.1) is 5.92 Å². The quantitative estimate of drug-likeness (QED) is 0.851. The Kier molecular flexibility index (Phi) is 5.48. The van der Waals surface area contributed by atoms with Crippen molar-refractivity contribution < 1.29 is 9.53 Å². The van der Waals surface area contributed by atoms with Crippen LogP contribution in [0.15, 0.2) is 36.5 Å². The van der Waals surface area contributed by atoms with Crippen LogP contribution < -0.4 is 15.4 Å². The molecule has 2 N–H and O–H groups in total. The summed E-state index contributed by atoms with van der Waals surface area (Å²) in [5.74, 6) is 1.39. The van der Waals surface area contributed by atoms with Crippen LogP contribution in [0.5, 0.6) is 5.75 Å². The van der Waals surface area contributed by atoms with Crippen molar-refractivity contribution in [3.05, 3.63) is 42.2 Å². The number of methoxy groups -OCH3 is 1. The number of hydrogen-bond acceptors (Lipinski definition) is 4. The lowest BCUT2D eigenvalue weighted by Crippen LogP contribution is -2.31. The fourth-order valence-electron chi connectivity index (χ4n) is 2.97. The van der Waals surface area contributed by atoms with E-state index in [2.05, 4.69) is 15.7 Å². The Morgan fingerprint density at radius 3 is 2.75 bits per heavy atom. The predicted molar refractivity (Wildman–Crippen MR) is 92.7 cm³/mol. The van der Waals surface area contributed by atoms with Gasteiger partial charge in [-0.1, -0.05) is 0 Å². The number of carbonyl (C=O) groups is 1. The molecule has 1 aliphatic rings. The minimum absolute atomic E-state index is 0.115. The number of amides is 1. The minimum atomic E-state index is -0.115. The van der Waals surface area contributed by atoms with E-state index in [1.165, 1.54) is 12.8 Å². The highest BCUT2D eigenvalue weighted by Crippen LogP contribution is 2.16. The van der Waals surface area contributed by atoms with Crippen LogP contribution in [0.1, 0.15) is 29.8 Å². The zero-order chi connectivity index (χ0) is 16.8. The second-order valence-corrected chi connectivity index (χ2v) is 6.08. The molecule has 0 atom stereocenters. The van der Waals surface area contributed by atoms with Gasteiger partial charge < -0.3 is 15.4 Å². The van der Waals surface area contributed by atoms with Gasteiger partial charge in [0.15, 0.2) is 5.69 Å². The molecule has 0 spiro atoms. The van der Waals surface area contributed by atoms with Crippen LogP contribution in [0.25, 0.3) is 5.69 Å². The maximum Gasteiger partial charge on any atom is 0.271 e. The van der Waals surface area contributed by atoms with Crippen LogP contribution in [0.3, 0.4) is 0 Å². The van der Waals surface area contributed by atoms with Gasteiger partial charge in [0.2, 0.25) is 0 Å². The average Bonchev–Trinajstić information content (AvgIpc) is 3.13. The van der Waals surface area contributed by atoms with Crippen molar-refractivity contribution in [1.29, 1.82) is 0 Å². The molecule has 1 aromatic heterocycles. The molecule has 6 nitrogen and oxygen atoms in total. The molecule has 3 rings (SSSR count). The predicted octanol–water partition coefficient (Wildman–Crippen LogP) is 2.00. The van der Waals surface area contributed by atoms with E-state index in [-0.39, 0.29) is 5.91 Å². The molecule has 0 radical (unpaired) electrons. The monoisotopic (exact) mass is 328 g/mol. The van der Waals surface area contributed by atoms with Gasteiger partial charge in [0.05, 0.1) is 12.8 Å². The Balaban J connectivity index is 1.53. The largest absolute Gasteiger partial charge is 0.497 e. The standard InChI is InChI=1S/C18H24N4O2/c1-24-16-4-2-15(3-5-16)22-13-9-17(21-22)18(23)20-12-8-14-6-10-19-11-7-14/h2-5,9,13-14,19H,6-8,10-12H2,1H3,(H,20,23). The van der Waals surface area contributed by atoms with Crippen molar-refractivity contribution in [3.63, 3.8) is 0 Å². The minimum Gasteiger partial charge on any atom is -0.497 e. The van der Waals surface area contributed by atoms with Crippen LogP contribution >= 0.6 is 0 Å². The summed E-state index contributed by atoms with van der Waals surface area (Å²) in [7, 11) is 1.63. The van der Waals surface area contributed by atoms with Gasteiger partial charge in [0.25, 0.3) is 5.91 Å². The molecule has 2 aromatic rings. The van der Waals surface area contributed by atoms with E-state index in [1.807, 2.05) is 24.3 Å². The number of hydrogen-bond donors (Lipinski definition) is 2. The van der Waals surface area contributed by atoms with E-state index in [1.54, 1.807) is 24.1 Å². The van der Waals surface area contributed by atoms with Crippen LogP contribution in [0.2, 0.25) is 0 Å². The summed E-state index contributed by atoms with van der Waals surface area (Å²) in [5.41, 5.74) is 1.33. The molecule has 2 heterocycles. The molecular formula is C18H24N4O2. The molecule has 1 amide bonds. The first-order valence-electron chi connectivity index (χ1n) is 8.45. The van der Waals surface area contributed by atoms with Gasteiger partial charge in [0, 0.05) is 12.7 Å². The van der Waals surface area contributed by atoms with E-state index >= 15 is 0 Å². The third kappa shape index (κ3) is 4.14. The number of carbonyl (C=O) groups excluding carboxylic acids is 1. The van der Waals surface area contributed by atoms with Gasteiger partial charge in [-0.25, -0.2) is 4.68 Å². The molecule has 6 heteroatoms. The van der Waals surface area contributed by atoms with E-state index in [4.69, 9.17) is 4.74 Å². The van der Waals surface area contributed by atoms with Gasteiger partial charge in [0.1, 0.15) is 5.75 Å². The summed E-state index contributed by atoms with van der Waals surface area (Å²) in [6.07, 6.45) is 5.22. The van der Waals surface area contributed by atoms with Crippen molar-refractivity contribution in [2.24, 2.45) is 5.92 Å². The summed E-state index contributed by atoms with van der Waals surface area (Å²) in [6, 6.07) is 9.30. The van der Waals surface area contributed by atoms with E-state index < -0.39 is 0 Å². The molecular weight excluding hydrogens is 304 g/mol. The first-order chi connectivity index (χ1) is 11.8. The third-order valence-corrected chi connectivity index (χ3v) is 4.46. The number of piperidine rings is 1. The Morgan fingerprint density at radius 2 is 2.04 bits per heavy atom. The topological polar surface area (TPSA) is 68.2 Å². The lowest BCUT2D eigenvalue weighted by atomic mass is 9.95. The number of ether oxygens (including phenoxy) is 1. The van der Waals surface area contributed by atoms with Gasteiger partial charge in [-0.2, -0.15) is 5.10 Å². The van der Waals surface area contributed by atoms with E-state index in [0.29, 0.717) is 18.2 Å². The first kappa shape index (κ1) is 16.5. The second-order valence-electron chi connectivity index (χ2n) is 6.08. The van der Waals surface area contributed by atoms with Crippen molar-refractivity contribution >= 4 is 5.91 Å². The van der Waals surface area contributed by atoms with Crippen molar-refractivity contribution in [3.8, 4) is 11.4 Å². The number of rotatable bonds is 6. The normalized spacial score (nSPS) is 15.2. The third-order valence-electron chi connectivity index (χ3n) is 4.46. The summed E-state index contributed by atoms with van der Waals surface area (Å²) in [6.45, 7) is 2.88. The fourth-order valence-corrected chi connectivity index (χ4v) is 2.97. The Bertz CT molecular complexity index is 660. The molecule has 0 bridgehead atoms. The molecule has 1 fully saturated rings. The number of benzene rings is 1. The zero-order valence-corrected chi connectivity index (χ0v) is 14.0. The summed E-state index contributed by atoms with van der Waals surface area (Å²) in [4.78, 5) is 12.2. The fraction of sp³-hybridized carbons (Fsp3) is 0.444. The van der Waals surface area contributed by atoms with Crippen LogP contribution in [-0.2, 0) is 0 Å². The van der Waals surface area contributed by atoms with Crippen molar-refractivity contribution in [2.75, 3.05) is 26.7 Å². The highest BCUT2D eigenvalue weighted by atomic mass is 16.5. The summed E-state index contributed by atoms with van der Waals surface area (Å²) < 4.78 is 6.84. The maximum absolute atomic E-state index is 12.2. The van der Waals surface area contributed by atoms with Gasteiger partial charge in [-0.15, -0.1) is 0 Å². The van der Waals surface area contributed by atoms with Gasteiger partial charge >= 0.3 is 0 Å². The maximum atomic E-state index is 12.2. The average molecular weight is 328 g/mol. The smallest absolute Gasteiger partial charge is 0.271 e. The number of nitrogens with one attached hydrogen (secondary N) is 2.